The molecule has 4 aromatic rings. The zero-order valence-corrected chi connectivity index (χ0v) is 17.2. The highest BCUT2D eigenvalue weighted by atomic mass is 32.2. The monoisotopic (exact) mass is 461 g/mol. The number of sulfonamides is 1. The van der Waals surface area contributed by atoms with Gasteiger partial charge in [0, 0.05) is 23.0 Å². The van der Waals surface area contributed by atoms with Crippen LogP contribution < -0.4 is 9.04 Å². The van der Waals surface area contributed by atoms with Crippen LogP contribution in [-0.4, -0.2) is 35.7 Å². The van der Waals surface area contributed by atoms with Gasteiger partial charge in [0.25, 0.3) is 10.0 Å². The molecular formula is C20H14F3N5O3S. The van der Waals surface area contributed by atoms with E-state index in [1.54, 1.807) is 6.07 Å². The lowest BCUT2D eigenvalue weighted by molar-refractivity contribution is -0.137. The summed E-state index contributed by atoms with van der Waals surface area (Å²) in [4.78, 5) is 7.64. The number of hydrogen-bond acceptors (Lipinski definition) is 7. The van der Waals surface area contributed by atoms with Crippen molar-refractivity contribution in [2.45, 2.75) is 11.1 Å². The van der Waals surface area contributed by atoms with Crippen LogP contribution in [0.15, 0.2) is 72.3 Å². The zero-order valence-electron chi connectivity index (χ0n) is 16.4. The van der Waals surface area contributed by atoms with Crippen LogP contribution in [0.25, 0.3) is 10.8 Å². The van der Waals surface area contributed by atoms with Crippen LogP contribution in [0.1, 0.15) is 5.56 Å². The molecule has 0 radical (unpaired) electrons. The maximum absolute atomic E-state index is 13.7. The van der Waals surface area contributed by atoms with Gasteiger partial charge in [0.2, 0.25) is 0 Å². The molecule has 0 N–H and O–H groups in total. The fourth-order valence-electron chi connectivity index (χ4n) is 3.04. The van der Waals surface area contributed by atoms with Crippen LogP contribution in [0.2, 0.25) is 0 Å². The largest absolute Gasteiger partial charge is 0.495 e. The third-order valence-corrected chi connectivity index (χ3v) is 6.27. The number of halogens is 3. The molecule has 8 nitrogen and oxygen atoms in total. The standard InChI is InChI=1S/C20H14F3N5O3S/c1-31-18-9-15(20(21,22)23)3-5-17(18)28(19-6-7-24-12-25-19)32(29,30)16-4-2-13-10-26-27-11-14(13)8-16/h2-12H,1H3. The van der Waals surface area contributed by atoms with Crippen molar-refractivity contribution in [1.82, 2.24) is 20.2 Å². The number of alkyl halides is 3. The number of anilines is 2. The van der Waals surface area contributed by atoms with E-state index < -0.39 is 21.8 Å². The number of methoxy groups -OCH3 is 1. The third-order valence-electron chi connectivity index (χ3n) is 4.56. The lowest BCUT2D eigenvalue weighted by atomic mass is 10.2. The molecule has 0 bridgehead atoms. The van der Waals surface area contributed by atoms with E-state index in [0.29, 0.717) is 10.8 Å². The van der Waals surface area contributed by atoms with E-state index in [9.17, 15) is 21.6 Å². The SMILES string of the molecule is COc1cc(C(F)(F)F)ccc1N(c1ccncn1)S(=O)(=O)c1ccc2cnncc2c1. The van der Waals surface area contributed by atoms with Crippen LogP contribution in [0.5, 0.6) is 5.75 Å². The van der Waals surface area contributed by atoms with Crippen LogP contribution in [0.3, 0.4) is 0 Å². The highest BCUT2D eigenvalue weighted by Crippen LogP contribution is 2.41. The molecule has 0 saturated heterocycles. The van der Waals surface area contributed by atoms with Crippen LogP contribution >= 0.6 is 0 Å². The highest BCUT2D eigenvalue weighted by Gasteiger charge is 2.34. The average molecular weight is 461 g/mol. The van der Waals surface area contributed by atoms with Gasteiger partial charge in [-0.05, 0) is 30.3 Å². The van der Waals surface area contributed by atoms with E-state index in [1.165, 1.54) is 36.8 Å². The molecule has 0 amide bonds. The molecule has 0 saturated carbocycles. The molecule has 0 aliphatic carbocycles. The third kappa shape index (κ3) is 3.91. The molecule has 0 fully saturated rings. The Hall–Kier alpha value is -3.80. The lowest BCUT2D eigenvalue weighted by Crippen LogP contribution is -2.27. The van der Waals surface area contributed by atoms with Crippen molar-refractivity contribution < 1.29 is 26.3 Å². The Balaban J connectivity index is 1.94. The predicted octanol–water partition coefficient (Wildman–Crippen LogP) is 3.97. The molecule has 12 heteroatoms. The van der Waals surface area contributed by atoms with Gasteiger partial charge in [-0.2, -0.15) is 23.4 Å². The summed E-state index contributed by atoms with van der Waals surface area (Å²) in [5.74, 6) is -0.375. The number of benzene rings is 2. The summed E-state index contributed by atoms with van der Waals surface area (Å²) in [7, 11) is -3.19. The summed E-state index contributed by atoms with van der Waals surface area (Å²) < 4.78 is 72.8. The van der Waals surface area contributed by atoms with Gasteiger partial charge in [0.15, 0.2) is 5.82 Å². The molecule has 0 atom stereocenters. The molecular weight excluding hydrogens is 447 g/mol. The van der Waals surface area contributed by atoms with E-state index >= 15 is 0 Å². The van der Waals surface area contributed by atoms with Crippen LogP contribution in [0, 0.1) is 0 Å². The van der Waals surface area contributed by atoms with Gasteiger partial charge < -0.3 is 4.74 Å². The molecule has 4 rings (SSSR count). The molecule has 0 aliphatic rings. The van der Waals surface area contributed by atoms with Crippen molar-refractivity contribution >= 4 is 32.3 Å². The van der Waals surface area contributed by atoms with E-state index in [-0.39, 0.29) is 22.2 Å². The fraction of sp³-hybridized carbons (Fsp3) is 0.100. The van der Waals surface area contributed by atoms with E-state index in [4.69, 9.17) is 4.74 Å². The van der Waals surface area contributed by atoms with Gasteiger partial charge >= 0.3 is 6.18 Å². The predicted molar refractivity (Wildman–Crippen MR) is 109 cm³/mol. The molecule has 164 valence electrons. The Bertz CT molecular complexity index is 1380. The summed E-state index contributed by atoms with van der Waals surface area (Å²) in [5, 5.41) is 8.69. The molecule has 32 heavy (non-hydrogen) atoms. The summed E-state index contributed by atoms with van der Waals surface area (Å²) in [6.45, 7) is 0. The topological polar surface area (TPSA) is 98.2 Å². The quantitative estimate of drug-likeness (QED) is 0.443. The normalized spacial score (nSPS) is 12.0. The smallest absolute Gasteiger partial charge is 0.416 e. The second-order valence-corrected chi connectivity index (χ2v) is 8.29. The minimum atomic E-state index is -4.64. The number of fused-ring (bicyclic) bond motifs is 1. The molecule has 2 aromatic heterocycles. The highest BCUT2D eigenvalue weighted by molar-refractivity contribution is 7.93. The van der Waals surface area contributed by atoms with Crippen molar-refractivity contribution in [3.8, 4) is 5.75 Å². The summed E-state index contributed by atoms with van der Waals surface area (Å²) in [6.07, 6.45) is 0.695. The molecule has 0 unspecified atom stereocenters. The van der Waals surface area contributed by atoms with Gasteiger partial charge in [-0.1, -0.05) is 6.07 Å². The first-order valence-electron chi connectivity index (χ1n) is 8.99. The first-order valence-corrected chi connectivity index (χ1v) is 10.4. The lowest BCUT2D eigenvalue weighted by Gasteiger charge is -2.25. The second kappa shape index (κ2) is 8.04. The Kier molecular flexibility index (Phi) is 5.38. The Labute approximate surface area is 180 Å². The van der Waals surface area contributed by atoms with E-state index in [2.05, 4.69) is 20.2 Å². The Morgan fingerprint density at radius 3 is 2.38 bits per heavy atom. The van der Waals surface area contributed by atoms with E-state index in [0.717, 1.165) is 35.9 Å². The summed E-state index contributed by atoms with van der Waals surface area (Å²) in [6, 6.07) is 8.16. The molecule has 2 heterocycles. The average Bonchev–Trinajstić information content (AvgIpc) is 2.79. The molecule has 0 spiro atoms. The number of nitrogens with zero attached hydrogens (tertiary/aromatic N) is 5. The second-order valence-electron chi connectivity index (χ2n) is 6.50. The molecule has 0 aliphatic heterocycles. The first kappa shape index (κ1) is 21.4. The number of hydrogen-bond donors (Lipinski definition) is 0. The van der Waals surface area contributed by atoms with Gasteiger partial charge in [0.1, 0.15) is 17.8 Å². The zero-order chi connectivity index (χ0) is 22.9. The van der Waals surface area contributed by atoms with Crippen molar-refractivity contribution in [2.75, 3.05) is 11.4 Å². The van der Waals surface area contributed by atoms with Gasteiger partial charge in [0.05, 0.1) is 30.0 Å². The first-order chi connectivity index (χ1) is 15.2. The van der Waals surface area contributed by atoms with Gasteiger partial charge in [-0.25, -0.2) is 22.7 Å². The van der Waals surface area contributed by atoms with Gasteiger partial charge in [-0.15, -0.1) is 0 Å². The number of ether oxygens (including phenoxy) is 1. The van der Waals surface area contributed by atoms with Gasteiger partial charge in [-0.3, -0.25) is 0 Å². The molecule has 2 aromatic carbocycles. The van der Waals surface area contributed by atoms with Crippen LogP contribution in [0.4, 0.5) is 24.7 Å². The number of aromatic nitrogens is 4. The minimum Gasteiger partial charge on any atom is -0.495 e. The Morgan fingerprint density at radius 1 is 0.969 bits per heavy atom. The van der Waals surface area contributed by atoms with E-state index in [1.807, 2.05) is 0 Å². The van der Waals surface area contributed by atoms with Crippen molar-refractivity contribution in [3.63, 3.8) is 0 Å². The minimum absolute atomic E-state index is 0.0778. The number of rotatable bonds is 5. The maximum Gasteiger partial charge on any atom is 0.416 e. The van der Waals surface area contributed by atoms with Crippen LogP contribution in [-0.2, 0) is 16.2 Å². The summed E-state index contributed by atoms with van der Waals surface area (Å²) >= 11 is 0. The fourth-order valence-corrected chi connectivity index (χ4v) is 4.53. The maximum atomic E-state index is 13.7. The van der Waals surface area contributed by atoms with Crippen molar-refractivity contribution in [2.24, 2.45) is 0 Å². The van der Waals surface area contributed by atoms with Crippen molar-refractivity contribution in [3.05, 3.63) is 72.9 Å². The van der Waals surface area contributed by atoms with Crippen molar-refractivity contribution in [1.29, 1.82) is 0 Å². The summed E-state index contributed by atoms with van der Waals surface area (Å²) in [5.41, 5.74) is -1.13. The Morgan fingerprint density at radius 2 is 1.72 bits per heavy atom.